The van der Waals surface area contributed by atoms with Gasteiger partial charge in [-0.05, 0) is 12.8 Å². The number of alkyl halides is 2. The van der Waals surface area contributed by atoms with Gasteiger partial charge in [0.1, 0.15) is 0 Å². The van der Waals surface area contributed by atoms with E-state index in [1.165, 1.54) is 19.3 Å². The van der Waals surface area contributed by atoms with Crippen LogP contribution in [0.1, 0.15) is 44.9 Å². The quantitative estimate of drug-likeness (QED) is 0.381. The van der Waals surface area contributed by atoms with E-state index in [1.54, 1.807) is 0 Å². The van der Waals surface area contributed by atoms with E-state index in [-0.39, 0.29) is 0 Å². The molecule has 0 unspecified atom stereocenters. The van der Waals surface area contributed by atoms with Gasteiger partial charge in [-0.25, -0.2) is 0 Å². The smallest absolute Gasteiger partial charge is 0.0186 e. The van der Waals surface area contributed by atoms with Crippen LogP contribution >= 0.6 is 31.9 Å². The molecule has 0 aromatic heterocycles. The van der Waals surface area contributed by atoms with Gasteiger partial charge in [0.25, 0.3) is 0 Å². The van der Waals surface area contributed by atoms with Crippen LogP contribution in [-0.4, -0.2) is 10.7 Å². The summed E-state index contributed by atoms with van der Waals surface area (Å²) in [5.74, 6) is 12.6. The summed E-state index contributed by atoms with van der Waals surface area (Å²) in [4.78, 5) is 0. The molecule has 15 heavy (non-hydrogen) atoms. The number of unbranched alkanes of at least 4 members (excludes halogenated alkanes) is 4. The summed E-state index contributed by atoms with van der Waals surface area (Å²) in [7, 11) is 0. The Morgan fingerprint density at radius 1 is 0.533 bits per heavy atom. The molecule has 0 atom stereocenters. The first kappa shape index (κ1) is 15.1. The van der Waals surface area contributed by atoms with Crippen LogP contribution in [0.5, 0.6) is 0 Å². The van der Waals surface area contributed by atoms with Crippen LogP contribution in [0.15, 0.2) is 0 Å². The van der Waals surface area contributed by atoms with Crippen molar-refractivity contribution in [2.75, 3.05) is 10.7 Å². The first-order valence-electron chi connectivity index (χ1n) is 5.45. The minimum Gasteiger partial charge on any atom is -0.103 e. The van der Waals surface area contributed by atoms with E-state index < -0.39 is 0 Å². The van der Waals surface area contributed by atoms with Crippen molar-refractivity contribution in [3.63, 3.8) is 0 Å². The molecule has 0 rings (SSSR count). The normalized spacial score (nSPS) is 8.67. The molecule has 0 aromatic rings. The topological polar surface area (TPSA) is 0 Å². The van der Waals surface area contributed by atoms with Crippen molar-refractivity contribution in [3.05, 3.63) is 0 Å². The van der Waals surface area contributed by atoms with E-state index in [0.29, 0.717) is 0 Å². The minimum atomic E-state index is 0.970. The van der Waals surface area contributed by atoms with Gasteiger partial charge in [-0.15, -0.1) is 23.7 Å². The molecule has 0 spiro atoms. The summed E-state index contributed by atoms with van der Waals surface area (Å²) in [5.41, 5.74) is 0. The Hall–Kier alpha value is 0.0800. The number of rotatable bonds is 6. The van der Waals surface area contributed by atoms with Crippen molar-refractivity contribution in [1.82, 2.24) is 0 Å². The molecular formula is C13H18Br2. The second kappa shape index (κ2) is 14.1. The van der Waals surface area contributed by atoms with Crippen LogP contribution in [0.3, 0.4) is 0 Å². The highest BCUT2D eigenvalue weighted by Gasteiger charge is 1.85. The molecule has 0 bridgehead atoms. The lowest BCUT2D eigenvalue weighted by molar-refractivity contribution is 0.708. The highest BCUT2D eigenvalue weighted by atomic mass is 79.9. The molecule has 0 heterocycles. The molecule has 0 aliphatic rings. The molecule has 2 heteroatoms. The Bertz CT molecular complexity index is 211. The number of hydrogen-bond donors (Lipinski definition) is 0. The predicted octanol–water partition coefficient (Wildman–Crippen LogP) is 4.51. The zero-order valence-corrected chi connectivity index (χ0v) is 12.3. The molecule has 0 saturated heterocycles. The molecule has 0 aliphatic heterocycles. The van der Waals surface area contributed by atoms with Crippen LogP contribution in [0.2, 0.25) is 0 Å². The van der Waals surface area contributed by atoms with Gasteiger partial charge in [0.2, 0.25) is 0 Å². The molecule has 0 aromatic carbocycles. The van der Waals surface area contributed by atoms with Gasteiger partial charge in [0.05, 0.1) is 0 Å². The van der Waals surface area contributed by atoms with Crippen molar-refractivity contribution in [2.24, 2.45) is 0 Å². The zero-order chi connectivity index (χ0) is 11.2. The molecule has 0 aliphatic carbocycles. The Morgan fingerprint density at radius 3 is 1.33 bits per heavy atom. The SMILES string of the molecule is BrCCC#CCCCCCC#CCCBr. The lowest BCUT2D eigenvalue weighted by Crippen LogP contribution is -1.76. The predicted molar refractivity (Wildman–Crippen MR) is 75.5 cm³/mol. The molecule has 0 saturated carbocycles. The second-order valence-electron chi connectivity index (χ2n) is 3.15. The van der Waals surface area contributed by atoms with Gasteiger partial charge in [-0.3, -0.25) is 0 Å². The van der Waals surface area contributed by atoms with Crippen molar-refractivity contribution >= 4 is 31.9 Å². The third kappa shape index (κ3) is 14.1. The maximum absolute atomic E-state index is 3.35. The van der Waals surface area contributed by atoms with Crippen LogP contribution < -0.4 is 0 Å². The van der Waals surface area contributed by atoms with Crippen LogP contribution in [0, 0.1) is 23.7 Å². The molecular weight excluding hydrogens is 316 g/mol. The number of halogens is 2. The molecule has 0 nitrogen and oxygen atoms in total. The third-order valence-electron chi connectivity index (χ3n) is 1.79. The van der Waals surface area contributed by atoms with E-state index in [4.69, 9.17) is 0 Å². The highest BCUT2D eigenvalue weighted by Crippen LogP contribution is 2.01. The van der Waals surface area contributed by atoms with E-state index in [9.17, 15) is 0 Å². The Morgan fingerprint density at radius 2 is 0.933 bits per heavy atom. The highest BCUT2D eigenvalue weighted by molar-refractivity contribution is 9.09. The van der Waals surface area contributed by atoms with E-state index in [0.717, 1.165) is 36.3 Å². The zero-order valence-electron chi connectivity index (χ0n) is 9.12. The monoisotopic (exact) mass is 332 g/mol. The first-order valence-corrected chi connectivity index (χ1v) is 7.69. The van der Waals surface area contributed by atoms with Gasteiger partial charge in [-0.2, -0.15) is 0 Å². The average Bonchev–Trinajstić information content (AvgIpc) is 2.26. The van der Waals surface area contributed by atoms with Crippen LogP contribution in [-0.2, 0) is 0 Å². The first-order chi connectivity index (χ1) is 7.41. The summed E-state index contributed by atoms with van der Waals surface area (Å²) >= 11 is 6.70. The van der Waals surface area contributed by atoms with Gasteiger partial charge >= 0.3 is 0 Å². The maximum atomic E-state index is 3.35. The summed E-state index contributed by atoms with van der Waals surface area (Å²) in [6.45, 7) is 0. The average molecular weight is 334 g/mol. The van der Waals surface area contributed by atoms with Crippen molar-refractivity contribution in [1.29, 1.82) is 0 Å². The summed E-state index contributed by atoms with van der Waals surface area (Å²) in [6, 6.07) is 0. The van der Waals surface area contributed by atoms with Gasteiger partial charge in [0, 0.05) is 36.3 Å². The second-order valence-corrected chi connectivity index (χ2v) is 4.73. The van der Waals surface area contributed by atoms with E-state index >= 15 is 0 Å². The van der Waals surface area contributed by atoms with E-state index in [2.05, 4.69) is 55.5 Å². The van der Waals surface area contributed by atoms with Crippen LogP contribution in [0.25, 0.3) is 0 Å². The van der Waals surface area contributed by atoms with E-state index in [1.807, 2.05) is 0 Å². The summed E-state index contributed by atoms with van der Waals surface area (Å²) in [6.07, 6.45) is 7.72. The Balaban J connectivity index is 3.13. The van der Waals surface area contributed by atoms with Gasteiger partial charge < -0.3 is 0 Å². The summed E-state index contributed by atoms with van der Waals surface area (Å²) < 4.78 is 0. The van der Waals surface area contributed by atoms with Gasteiger partial charge in [-0.1, -0.05) is 38.3 Å². The van der Waals surface area contributed by atoms with Crippen molar-refractivity contribution in [2.45, 2.75) is 44.9 Å². The lowest BCUT2D eigenvalue weighted by atomic mass is 10.1. The molecule has 84 valence electrons. The molecule has 0 fully saturated rings. The maximum Gasteiger partial charge on any atom is 0.0186 e. The standard InChI is InChI=1S/C13H18Br2/c14-12-10-8-6-4-2-1-3-5-7-9-11-13-15/h1-5,10-13H2. The van der Waals surface area contributed by atoms with Gasteiger partial charge in [0.15, 0.2) is 0 Å². The fraction of sp³-hybridized carbons (Fsp3) is 0.692. The van der Waals surface area contributed by atoms with Crippen LogP contribution in [0.4, 0.5) is 0 Å². The molecule has 0 radical (unpaired) electrons. The van der Waals surface area contributed by atoms with Crippen molar-refractivity contribution < 1.29 is 0 Å². The fourth-order valence-corrected chi connectivity index (χ4v) is 1.45. The fourth-order valence-electron chi connectivity index (χ4n) is 1.05. The number of hydrogen-bond acceptors (Lipinski definition) is 0. The molecule has 0 N–H and O–H groups in total. The molecule has 0 amide bonds. The largest absolute Gasteiger partial charge is 0.103 e. The summed E-state index contributed by atoms with van der Waals surface area (Å²) in [5, 5.41) is 1.98. The lowest BCUT2D eigenvalue weighted by Gasteiger charge is -1.92. The van der Waals surface area contributed by atoms with Crippen molar-refractivity contribution in [3.8, 4) is 23.7 Å². The Labute approximate surface area is 111 Å². The Kier molecular flexibility index (Phi) is 14.2. The third-order valence-corrected chi connectivity index (χ3v) is 2.59. The minimum absolute atomic E-state index is 0.970.